The third kappa shape index (κ3) is 3.82. The number of ether oxygens (including phenoxy) is 2. The molecule has 88 valence electrons. The molecule has 0 aromatic carbocycles. The normalized spacial score (nSPS) is 18.1. The Hall–Kier alpha value is -0.570. The topological polar surface area (TPSA) is 35.5 Å². The van der Waals surface area contributed by atoms with Gasteiger partial charge < -0.3 is 9.47 Å². The Labute approximate surface area is 92.1 Å². The second-order valence-electron chi connectivity index (χ2n) is 5.04. The molecular formula is C12H22O3. The fraction of sp³-hybridized carbons (Fsp3) is 0.917. The van der Waals surface area contributed by atoms with E-state index in [-0.39, 0.29) is 5.97 Å². The zero-order valence-corrected chi connectivity index (χ0v) is 10.0. The maximum atomic E-state index is 11.4. The lowest BCUT2D eigenvalue weighted by Gasteiger charge is -2.22. The first kappa shape index (κ1) is 12.5. The van der Waals surface area contributed by atoms with Crippen LogP contribution in [-0.2, 0) is 14.3 Å². The van der Waals surface area contributed by atoms with Crippen LogP contribution in [0.1, 0.15) is 39.5 Å². The van der Waals surface area contributed by atoms with Crippen LogP contribution in [0.3, 0.4) is 0 Å². The van der Waals surface area contributed by atoms with Crippen LogP contribution in [0.2, 0.25) is 0 Å². The summed E-state index contributed by atoms with van der Waals surface area (Å²) < 4.78 is 10.3. The molecule has 0 amide bonds. The number of carbonyl (C=O) groups excluding carboxylic acids is 1. The van der Waals surface area contributed by atoms with Gasteiger partial charge in [0.1, 0.15) is 0 Å². The van der Waals surface area contributed by atoms with Crippen molar-refractivity contribution in [1.82, 2.24) is 0 Å². The number of rotatable bonds is 5. The molecule has 1 aliphatic carbocycles. The summed E-state index contributed by atoms with van der Waals surface area (Å²) in [5, 5.41) is 0. The molecule has 0 aliphatic heterocycles. The molecule has 0 radical (unpaired) electrons. The molecule has 1 fully saturated rings. The Kier molecular flexibility index (Phi) is 4.58. The minimum absolute atomic E-state index is 0.200. The van der Waals surface area contributed by atoms with Gasteiger partial charge in [-0.25, -0.2) is 0 Å². The van der Waals surface area contributed by atoms with Crippen molar-refractivity contribution < 1.29 is 14.3 Å². The number of hydrogen-bond acceptors (Lipinski definition) is 3. The number of carbonyl (C=O) groups is 1. The highest BCUT2D eigenvalue weighted by molar-refractivity contribution is 5.75. The minimum atomic E-state index is -0.520. The highest BCUT2D eigenvalue weighted by Gasteiger charge is 2.29. The van der Waals surface area contributed by atoms with Crippen LogP contribution in [0.15, 0.2) is 0 Å². The largest absolute Gasteiger partial charge is 0.469 e. The Morgan fingerprint density at radius 2 is 1.93 bits per heavy atom. The molecule has 0 spiro atoms. The van der Waals surface area contributed by atoms with Crippen LogP contribution in [0.25, 0.3) is 0 Å². The van der Waals surface area contributed by atoms with Crippen molar-refractivity contribution in [3.8, 4) is 0 Å². The number of hydrogen-bond donors (Lipinski definition) is 0. The van der Waals surface area contributed by atoms with Crippen molar-refractivity contribution in [2.75, 3.05) is 20.3 Å². The summed E-state index contributed by atoms with van der Waals surface area (Å²) in [5.41, 5.74) is -0.520. The predicted octanol–water partition coefficient (Wildman–Crippen LogP) is 2.39. The zero-order valence-electron chi connectivity index (χ0n) is 10.0. The van der Waals surface area contributed by atoms with Crippen molar-refractivity contribution in [2.24, 2.45) is 11.3 Å². The van der Waals surface area contributed by atoms with E-state index in [1.54, 1.807) is 0 Å². The van der Waals surface area contributed by atoms with E-state index in [1.807, 2.05) is 13.8 Å². The maximum absolute atomic E-state index is 11.4. The summed E-state index contributed by atoms with van der Waals surface area (Å²) in [6, 6.07) is 0. The minimum Gasteiger partial charge on any atom is -0.469 e. The van der Waals surface area contributed by atoms with Crippen LogP contribution in [0.5, 0.6) is 0 Å². The Balaban J connectivity index is 2.20. The van der Waals surface area contributed by atoms with Crippen molar-refractivity contribution in [3.05, 3.63) is 0 Å². The second kappa shape index (κ2) is 5.50. The molecule has 0 aromatic rings. The van der Waals surface area contributed by atoms with Crippen LogP contribution in [0.4, 0.5) is 0 Å². The van der Waals surface area contributed by atoms with Crippen LogP contribution in [-0.4, -0.2) is 26.3 Å². The highest BCUT2D eigenvalue weighted by atomic mass is 16.5. The first-order valence-corrected chi connectivity index (χ1v) is 5.72. The molecule has 0 bridgehead atoms. The fourth-order valence-corrected chi connectivity index (χ4v) is 1.99. The fourth-order valence-electron chi connectivity index (χ4n) is 1.99. The molecular weight excluding hydrogens is 192 g/mol. The summed E-state index contributed by atoms with van der Waals surface area (Å²) in [6.07, 6.45) is 5.21. The van der Waals surface area contributed by atoms with Gasteiger partial charge in [-0.05, 0) is 32.6 Å². The van der Waals surface area contributed by atoms with E-state index in [0.29, 0.717) is 12.5 Å². The highest BCUT2D eigenvalue weighted by Crippen LogP contribution is 2.25. The van der Waals surface area contributed by atoms with Gasteiger partial charge in [0.15, 0.2) is 0 Å². The molecule has 1 aliphatic rings. The smallest absolute Gasteiger partial charge is 0.313 e. The van der Waals surface area contributed by atoms with E-state index in [1.165, 1.54) is 32.8 Å². The molecule has 0 unspecified atom stereocenters. The first-order valence-electron chi connectivity index (χ1n) is 5.72. The van der Waals surface area contributed by atoms with E-state index < -0.39 is 5.41 Å². The van der Waals surface area contributed by atoms with Crippen LogP contribution >= 0.6 is 0 Å². The van der Waals surface area contributed by atoms with Gasteiger partial charge in [-0.1, -0.05) is 12.8 Å². The molecule has 0 atom stereocenters. The maximum Gasteiger partial charge on any atom is 0.313 e. The molecule has 1 rings (SSSR count). The average molecular weight is 214 g/mol. The van der Waals surface area contributed by atoms with Gasteiger partial charge in [0.25, 0.3) is 0 Å². The SMILES string of the molecule is COC(=O)C(C)(C)COCC1CCCC1. The molecule has 3 heteroatoms. The molecule has 0 heterocycles. The predicted molar refractivity (Wildman–Crippen MR) is 58.6 cm³/mol. The van der Waals surface area contributed by atoms with Crippen LogP contribution < -0.4 is 0 Å². The molecule has 0 aromatic heterocycles. The van der Waals surface area contributed by atoms with Gasteiger partial charge in [-0.15, -0.1) is 0 Å². The lowest BCUT2D eigenvalue weighted by Crippen LogP contribution is -2.31. The average Bonchev–Trinajstić information content (AvgIpc) is 2.69. The van der Waals surface area contributed by atoms with Gasteiger partial charge in [0, 0.05) is 6.61 Å². The summed E-state index contributed by atoms with van der Waals surface area (Å²) in [5.74, 6) is 0.507. The third-order valence-electron chi connectivity index (χ3n) is 3.03. The summed E-state index contributed by atoms with van der Waals surface area (Å²) >= 11 is 0. The van der Waals surface area contributed by atoms with Gasteiger partial charge in [-0.3, -0.25) is 4.79 Å². The molecule has 1 saturated carbocycles. The quantitative estimate of drug-likeness (QED) is 0.659. The summed E-state index contributed by atoms with van der Waals surface area (Å²) in [4.78, 5) is 11.4. The van der Waals surface area contributed by atoms with Gasteiger partial charge in [0.05, 0.1) is 19.1 Å². The molecule has 3 nitrogen and oxygen atoms in total. The van der Waals surface area contributed by atoms with Crippen molar-refractivity contribution >= 4 is 5.97 Å². The van der Waals surface area contributed by atoms with E-state index in [4.69, 9.17) is 9.47 Å². The van der Waals surface area contributed by atoms with Crippen molar-refractivity contribution in [2.45, 2.75) is 39.5 Å². The van der Waals surface area contributed by atoms with E-state index >= 15 is 0 Å². The van der Waals surface area contributed by atoms with Gasteiger partial charge in [-0.2, -0.15) is 0 Å². The van der Waals surface area contributed by atoms with Gasteiger partial charge >= 0.3 is 5.97 Å². The summed E-state index contributed by atoms with van der Waals surface area (Å²) in [6.45, 7) is 4.96. The van der Waals surface area contributed by atoms with Crippen molar-refractivity contribution in [3.63, 3.8) is 0 Å². The Morgan fingerprint density at radius 1 is 1.33 bits per heavy atom. The number of esters is 1. The lowest BCUT2D eigenvalue weighted by molar-refractivity contribution is -0.154. The number of methoxy groups -OCH3 is 1. The molecule has 15 heavy (non-hydrogen) atoms. The first-order chi connectivity index (χ1) is 7.06. The van der Waals surface area contributed by atoms with Crippen molar-refractivity contribution in [1.29, 1.82) is 0 Å². The van der Waals surface area contributed by atoms with Gasteiger partial charge in [0.2, 0.25) is 0 Å². The Bertz CT molecular complexity index is 205. The second-order valence-corrected chi connectivity index (χ2v) is 5.04. The summed E-state index contributed by atoms with van der Waals surface area (Å²) in [7, 11) is 1.42. The monoisotopic (exact) mass is 214 g/mol. The standard InChI is InChI=1S/C12H22O3/c1-12(2,11(13)14-3)9-15-8-10-6-4-5-7-10/h10H,4-9H2,1-3H3. The molecule has 0 saturated heterocycles. The Morgan fingerprint density at radius 3 is 2.47 bits per heavy atom. The lowest BCUT2D eigenvalue weighted by atomic mass is 9.95. The third-order valence-corrected chi connectivity index (χ3v) is 3.03. The van der Waals surface area contributed by atoms with E-state index in [0.717, 1.165) is 6.61 Å². The molecule has 0 N–H and O–H groups in total. The van der Waals surface area contributed by atoms with E-state index in [2.05, 4.69) is 0 Å². The zero-order chi connectivity index (χ0) is 11.3. The van der Waals surface area contributed by atoms with Crippen LogP contribution in [0, 0.1) is 11.3 Å². The van der Waals surface area contributed by atoms with E-state index in [9.17, 15) is 4.79 Å².